The first-order valence-corrected chi connectivity index (χ1v) is 5.97. The first-order chi connectivity index (χ1) is 8.43. The molecule has 7 nitrogen and oxygen atoms in total. The Kier molecular flexibility index (Phi) is 5.08. The molecule has 102 valence electrons. The van der Waals surface area contributed by atoms with E-state index in [1.54, 1.807) is 11.9 Å². The standard InChI is InChI=1S/C11H22N6O/c1-7(2)8(18)6-13-10-14-9(12-3)15-11(16-10)17(4)5/h7-8,18H,6H2,1-5H3,(H2,12,13,14,15,16). The molecule has 0 aliphatic heterocycles. The fourth-order valence-electron chi connectivity index (χ4n) is 1.19. The van der Waals surface area contributed by atoms with E-state index < -0.39 is 6.10 Å². The highest BCUT2D eigenvalue weighted by molar-refractivity contribution is 5.42. The second kappa shape index (κ2) is 6.34. The first-order valence-electron chi connectivity index (χ1n) is 5.97. The summed E-state index contributed by atoms with van der Waals surface area (Å²) < 4.78 is 0. The molecule has 1 unspecified atom stereocenters. The number of nitrogens with one attached hydrogen (secondary N) is 2. The van der Waals surface area contributed by atoms with Crippen molar-refractivity contribution in [2.24, 2.45) is 5.92 Å². The van der Waals surface area contributed by atoms with Gasteiger partial charge in [-0.3, -0.25) is 0 Å². The lowest BCUT2D eigenvalue weighted by Gasteiger charge is -2.16. The van der Waals surface area contributed by atoms with Crippen molar-refractivity contribution < 1.29 is 5.11 Å². The molecule has 0 aromatic carbocycles. The van der Waals surface area contributed by atoms with Crippen molar-refractivity contribution >= 4 is 17.8 Å². The van der Waals surface area contributed by atoms with Gasteiger partial charge in [-0.05, 0) is 5.92 Å². The summed E-state index contributed by atoms with van der Waals surface area (Å²) in [4.78, 5) is 14.4. The molecule has 18 heavy (non-hydrogen) atoms. The molecular formula is C11H22N6O. The van der Waals surface area contributed by atoms with Crippen LogP contribution >= 0.6 is 0 Å². The first kappa shape index (κ1) is 14.4. The third-order valence-corrected chi connectivity index (χ3v) is 2.49. The Morgan fingerprint density at radius 3 is 2.28 bits per heavy atom. The van der Waals surface area contributed by atoms with Gasteiger partial charge in [0, 0.05) is 27.7 Å². The summed E-state index contributed by atoms with van der Waals surface area (Å²) in [6, 6.07) is 0. The van der Waals surface area contributed by atoms with Crippen LogP contribution in [-0.4, -0.2) is 53.9 Å². The summed E-state index contributed by atoms with van der Waals surface area (Å²) in [6.07, 6.45) is -0.428. The molecular weight excluding hydrogens is 232 g/mol. The Hall–Kier alpha value is -1.63. The average molecular weight is 254 g/mol. The van der Waals surface area contributed by atoms with E-state index in [1.807, 2.05) is 27.9 Å². The van der Waals surface area contributed by atoms with Gasteiger partial charge in [-0.2, -0.15) is 15.0 Å². The molecule has 0 spiro atoms. The summed E-state index contributed by atoms with van der Waals surface area (Å²) in [7, 11) is 5.48. The van der Waals surface area contributed by atoms with E-state index in [9.17, 15) is 5.11 Å². The van der Waals surface area contributed by atoms with Crippen molar-refractivity contribution in [1.29, 1.82) is 0 Å². The summed E-state index contributed by atoms with van der Waals surface area (Å²) >= 11 is 0. The summed E-state index contributed by atoms with van der Waals surface area (Å²) in [5.41, 5.74) is 0. The number of rotatable bonds is 6. The van der Waals surface area contributed by atoms with Gasteiger partial charge in [0.15, 0.2) is 0 Å². The molecule has 0 bridgehead atoms. The minimum absolute atomic E-state index is 0.191. The van der Waals surface area contributed by atoms with Crippen molar-refractivity contribution in [3.05, 3.63) is 0 Å². The van der Waals surface area contributed by atoms with Crippen LogP contribution in [0.15, 0.2) is 0 Å². The smallest absolute Gasteiger partial charge is 0.231 e. The zero-order valence-corrected chi connectivity index (χ0v) is 11.6. The van der Waals surface area contributed by atoms with Crippen molar-refractivity contribution in [2.75, 3.05) is 43.2 Å². The average Bonchev–Trinajstić information content (AvgIpc) is 2.35. The van der Waals surface area contributed by atoms with Gasteiger partial charge >= 0.3 is 0 Å². The molecule has 7 heteroatoms. The number of aliphatic hydroxyl groups excluding tert-OH is 1. The maximum atomic E-state index is 9.73. The normalized spacial score (nSPS) is 12.4. The lowest BCUT2D eigenvalue weighted by Crippen LogP contribution is -2.26. The van der Waals surface area contributed by atoms with Crippen LogP contribution in [0.25, 0.3) is 0 Å². The Morgan fingerprint density at radius 2 is 1.78 bits per heavy atom. The molecule has 1 aromatic heterocycles. The number of hydrogen-bond acceptors (Lipinski definition) is 7. The van der Waals surface area contributed by atoms with E-state index in [-0.39, 0.29) is 5.92 Å². The summed E-state index contributed by atoms with van der Waals surface area (Å²) in [5, 5.41) is 15.6. The number of hydrogen-bond donors (Lipinski definition) is 3. The van der Waals surface area contributed by atoms with E-state index in [4.69, 9.17) is 0 Å². The highest BCUT2D eigenvalue weighted by atomic mass is 16.3. The zero-order valence-electron chi connectivity index (χ0n) is 11.6. The van der Waals surface area contributed by atoms with Crippen LogP contribution in [0.3, 0.4) is 0 Å². The summed E-state index contributed by atoms with van der Waals surface area (Å²) in [5.74, 6) is 1.71. The van der Waals surface area contributed by atoms with Crippen LogP contribution in [0, 0.1) is 5.92 Å². The SMILES string of the molecule is CNc1nc(NCC(O)C(C)C)nc(N(C)C)n1. The Balaban J connectivity index is 2.78. The van der Waals surface area contributed by atoms with Gasteiger partial charge in [0.2, 0.25) is 17.8 Å². The Labute approximate surface area is 108 Å². The molecule has 0 radical (unpaired) electrons. The summed E-state index contributed by atoms with van der Waals surface area (Å²) in [6.45, 7) is 4.34. The van der Waals surface area contributed by atoms with E-state index in [1.165, 1.54) is 0 Å². The third-order valence-electron chi connectivity index (χ3n) is 2.49. The predicted molar refractivity (Wildman–Crippen MR) is 73.0 cm³/mol. The quantitative estimate of drug-likeness (QED) is 0.677. The molecule has 0 aliphatic rings. The van der Waals surface area contributed by atoms with Crippen LogP contribution in [0.2, 0.25) is 0 Å². The zero-order chi connectivity index (χ0) is 13.7. The van der Waals surface area contributed by atoms with Gasteiger partial charge in [-0.1, -0.05) is 13.8 Å². The van der Waals surface area contributed by atoms with Gasteiger partial charge in [-0.15, -0.1) is 0 Å². The second-order valence-corrected chi connectivity index (χ2v) is 4.62. The highest BCUT2D eigenvalue weighted by Crippen LogP contribution is 2.11. The fourth-order valence-corrected chi connectivity index (χ4v) is 1.19. The van der Waals surface area contributed by atoms with Crippen molar-refractivity contribution in [3.8, 4) is 0 Å². The molecule has 1 aromatic rings. The topological polar surface area (TPSA) is 86.2 Å². The fraction of sp³-hybridized carbons (Fsp3) is 0.727. The maximum Gasteiger partial charge on any atom is 0.231 e. The largest absolute Gasteiger partial charge is 0.391 e. The molecule has 3 N–H and O–H groups in total. The van der Waals surface area contributed by atoms with E-state index in [0.29, 0.717) is 24.4 Å². The lowest BCUT2D eigenvalue weighted by atomic mass is 10.1. The van der Waals surface area contributed by atoms with Gasteiger partial charge in [0.05, 0.1) is 6.10 Å². The molecule has 0 amide bonds. The molecule has 1 heterocycles. The minimum atomic E-state index is -0.428. The van der Waals surface area contributed by atoms with Gasteiger partial charge in [-0.25, -0.2) is 0 Å². The van der Waals surface area contributed by atoms with Crippen LogP contribution in [0.4, 0.5) is 17.8 Å². The van der Waals surface area contributed by atoms with Crippen LogP contribution < -0.4 is 15.5 Å². The van der Waals surface area contributed by atoms with E-state index in [0.717, 1.165) is 0 Å². The molecule has 0 saturated heterocycles. The van der Waals surface area contributed by atoms with Gasteiger partial charge in [0.1, 0.15) is 0 Å². The molecule has 0 fully saturated rings. The van der Waals surface area contributed by atoms with Crippen molar-refractivity contribution in [2.45, 2.75) is 20.0 Å². The van der Waals surface area contributed by atoms with Crippen molar-refractivity contribution in [1.82, 2.24) is 15.0 Å². The van der Waals surface area contributed by atoms with Crippen LogP contribution in [0.1, 0.15) is 13.8 Å². The van der Waals surface area contributed by atoms with Gasteiger partial charge < -0.3 is 20.6 Å². The second-order valence-electron chi connectivity index (χ2n) is 4.62. The van der Waals surface area contributed by atoms with E-state index in [2.05, 4.69) is 25.6 Å². The molecule has 1 atom stereocenters. The number of aromatic nitrogens is 3. The monoisotopic (exact) mass is 254 g/mol. The van der Waals surface area contributed by atoms with E-state index >= 15 is 0 Å². The van der Waals surface area contributed by atoms with Crippen LogP contribution in [-0.2, 0) is 0 Å². The van der Waals surface area contributed by atoms with Gasteiger partial charge in [0.25, 0.3) is 0 Å². The maximum absolute atomic E-state index is 9.73. The molecule has 0 aliphatic carbocycles. The lowest BCUT2D eigenvalue weighted by molar-refractivity contribution is 0.137. The van der Waals surface area contributed by atoms with Crippen LogP contribution in [0.5, 0.6) is 0 Å². The number of aliphatic hydroxyl groups is 1. The number of anilines is 3. The third kappa shape index (κ3) is 3.99. The Morgan fingerprint density at radius 1 is 1.17 bits per heavy atom. The number of nitrogens with zero attached hydrogens (tertiary/aromatic N) is 4. The van der Waals surface area contributed by atoms with Crippen molar-refractivity contribution in [3.63, 3.8) is 0 Å². The Bertz CT molecular complexity index is 382. The highest BCUT2D eigenvalue weighted by Gasteiger charge is 2.11. The predicted octanol–water partition coefficient (Wildman–Crippen LogP) is 0.408. The molecule has 0 saturated carbocycles. The minimum Gasteiger partial charge on any atom is -0.391 e. The molecule has 1 rings (SSSR count).